The van der Waals surface area contributed by atoms with Gasteiger partial charge in [0.1, 0.15) is 0 Å². The maximum atomic E-state index is 5.90. The van der Waals surface area contributed by atoms with Gasteiger partial charge in [-0.15, -0.1) is 0 Å². The Balaban J connectivity index is 2.22. The van der Waals surface area contributed by atoms with Crippen LogP contribution in [0.3, 0.4) is 0 Å². The maximum Gasteiger partial charge on any atom is 0.0705 e. The van der Waals surface area contributed by atoms with Gasteiger partial charge in [-0.3, -0.25) is 9.88 Å². The summed E-state index contributed by atoms with van der Waals surface area (Å²) in [5.41, 5.74) is 8.47. The average Bonchev–Trinajstić information content (AvgIpc) is 2.47. The summed E-state index contributed by atoms with van der Waals surface area (Å²) in [4.78, 5) is 6.96. The van der Waals surface area contributed by atoms with E-state index in [1.165, 1.54) is 10.9 Å². The lowest BCUT2D eigenvalue weighted by molar-refractivity contribution is 0.176. The Morgan fingerprint density at radius 1 is 1.19 bits per heavy atom. The van der Waals surface area contributed by atoms with E-state index in [1.807, 2.05) is 12.3 Å². The first-order chi connectivity index (χ1) is 10.1. The minimum atomic E-state index is 0.151. The highest BCUT2D eigenvalue weighted by molar-refractivity contribution is 5.81. The standard InChI is InChI=1S/C18H27N3/c1-4-11-21(14-18(2,3)13-19)12-15-9-10-20-17-8-6-5-7-16(15)17/h5-10H,4,11-14,19H2,1-3H3. The van der Waals surface area contributed by atoms with E-state index in [2.05, 4.69) is 54.9 Å². The lowest BCUT2D eigenvalue weighted by atomic mass is 9.92. The summed E-state index contributed by atoms with van der Waals surface area (Å²) in [6.45, 7) is 10.5. The number of fused-ring (bicyclic) bond motifs is 1. The van der Waals surface area contributed by atoms with Gasteiger partial charge in [-0.2, -0.15) is 0 Å². The van der Waals surface area contributed by atoms with E-state index in [0.29, 0.717) is 6.54 Å². The van der Waals surface area contributed by atoms with Crippen molar-refractivity contribution in [3.8, 4) is 0 Å². The van der Waals surface area contributed by atoms with Crippen LogP contribution in [-0.4, -0.2) is 29.5 Å². The van der Waals surface area contributed by atoms with Gasteiger partial charge in [-0.25, -0.2) is 0 Å². The molecule has 0 saturated carbocycles. The Kier molecular flexibility index (Phi) is 5.32. The lowest BCUT2D eigenvalue weighted by Gasteiger charge is -2.32. The summed E-state index contributed by atoms with van der Waals surface area (Å²) in [6.07, 6.45) is 3.07. The largest absolute Gasteiger partial charge is 0.330 e. The molecule has 2 N–H and O–H groups in total. The van der Waals surface area contributed by atoms with Gasteiger partial charge in [0.25, 0.3) is 0 Å². The van der Waals surface area contributed by atoms with Gasteiger partial charge in [0.15, 0.2) is 0 Å². The molecule has 1 aromatic carbocycles. The number of hydrogen-bond donors (Lipinski definition) is 1. The summed E-state index contributed by atoms with van der Waals surface area (Å²) in [7, 11) is 0. The predicted molar refractivity (Wildman–Crippen MR) is 90.1 cm³/mol. The second kappa shape index (κ2) is 7.01. The third-order valence-electron chi connectivity index (χ3n) is 3.88. The lowest BCUT2D eigenvalue weighted by Crippen LogP contribution is -2.38. The molecule has 0 aliphatic rings. The molecular formula is C18H27N3. The van der Waals surface area contributed by atoms with Crippen molar-refractivity contribution < 1.29 is 0 Å². The van der Waals surface area contributed by atoms with E-state index in [-0.39, 0.29) is 5.41 Å². The summed E-state index contributed by atoms with van der Waals surface area (Å²) in [6, 6.07) is 10.5. The quantitative estimate of drug-likeness (QED) is 0.847. The SMILES string of the molecule is CCCN(Cc1ccnc2ccccc12)CC(C)(C)CN. The molecule has 0 unspecified atom stereocenters. The van der Waals surface area contributed by atoms with Crippen LogP contribution in [0.5, 0.6) is 0 Å². The van der Waals surface area contributed by atoms with Crippen LogP contribution < -0.4 is 5.73 Å². The molecule has 0 aliphatic carbocycles. The Morgan fingerprint density at radius 2 is 1.95 bits per heavy atom. The van der Waals surface area contributed by atoms with E-state index in [9.17, 15) is 0 Å². The molecule has 0 fully saturated rings. The van der Waals surface area contributed by atoms with Crippen molar-refractivity contribution in [2.24, 2.45) is 11.1 Å². The fraction of sp³-hybridized carbons (Fsp3) is 0.500. The molecule has 21 heavy (non-hydrogen) atoms. The maximum absolute atomic E-state index is 5.90. The average molecular weight is 285 g/mol. The van der Waals surface area contributed by atoms with Gasteiger partial charge in [0.2, 0.25) is 0 Å². The second-order valence-corrected chi connectivity index (χ2v) is 6.57. The minimum absolute atomic E-state index is 0.151. The zero-order valence-electron chi connectivity index (χ0n) is 13.5. The second-order valence-electron chi connectivity index (χ2n) is 6.57. The molecule has 0 amide bonds. The summed E-state index contributed by atoms with van der Waals surface area (Å²) in [5.74, 6) is 0. The Hall–Kier alpha value is -1.45. The van der Waals surface area contributed by atoms with Crippen LogP contribution >= 0.6 is 0 Å². The van der Waals surface area contributed by atoms with Crippen LogP contribution in [0.2, 0.25) is 0 Å². The van der Waals surface area contributed by atoms with Crippen molar-refractivity contribution in [3.05, 3.63) is 42.1 Å². The highest BCUT2D eigenvalue weighted by atomic mass is 15.1. The first-order valence-electron chi connectivity index (χ1n) is 7.81. The molecule has 3 nitrogen and oxygen atoms in total. The van der Waals surface area contributed by atoms with Crippen molar-refractivity contribution in [2.45, 2.75) is 33.7 Å². The third kappa shape index (κ3) is 4.26. The van der Waals surface area contributed by atoms with Crippen LogP contribution in [0.1, 0.15) is 32.8 Å². The van der Waals surface area contributed by atoms with E-state index < -0.39 is 0 Å². The first kappa shape index (κ1) is 15.9. The van der Waals surface area contributed by atoms with Gasteiger partial charge in [-0.1, -0.05) is 39.0 Å². The summed E-state index contributed by atoms with van der Waals surface area (Å²) < 4.78 is 0. The number of pyridine rings is 1. The van der Waals surface area contributed by atoms with Crippen molar-refractivity contribution in [3.63, 3.8) is 0 Å². The number of hydrogen-bond acceptors (Lipinski definition) is 3. The fourth-order valence-electron chi connectivity index (χ4n) is 2.73. The molecule has 2 aromatic rings. The van der Waals surface area contributed by atoms with Crippen molar-refractivity contribution >= 4 is 10.9 Å². The van der Waals surface area contributed by atoms with Gasteiger partial charge in [0, 0.05) is 24.7 Å². The highest BCUT2D eigenvalue weighted by Gasteiger charge is 2.20. The first-order valence-corrected chi connectivity index (χ1v) is 7.81. The van der Waals surface area contributed by atoms with Crippen LogP contribution in [0.15, 0.2) is 36.5 Å². The molecule has 2 rings (SSSR count). The monoisotopic (exact) mass is 285 g/mol. The van der Waals surface area contributed by atoms with E-state index in [4.69, 9.17) is 5.73 Å². The Morgan fingerprint density at radius 3 is 2.67 bits per heavy atom. The fourth-order valence-corrected chi connectivity index (χ4v) is 2.73. The highest BCUT2D eigenvalue weighted by Crippen LogP contribution is 2.21. The molecule has 3 heteroatoms. The Bertz CT molecular complexity index is 572. The van der Waals surface area contributed by atoms with Crippen molar-refractivity contribution in [1.29, 1.82) is 0 Å². The van der Waals surface area contributed by atoms with Crippen LogP contribution in [0.4, 0.5) is 0 Å². The van der Waals surface area contributed by atoms with Crippen molar-refractivity contribution in [2.75, 3.05) is 19.6 Å². The number of nitrogens with two attached hydrogens (primary N) is 1. The van der Waals surface area contributed by atoms with Gasteiger partial charge < -0.3 is 5.73 Å². The normalized spacial score (nSPS) is 12.2. The smallest absolute Gasteiger partial charge is 0.0705 e. The van der Waals surface area contributed by atoms with Crippen molar-refractivity contribution in [1.82, 2.24) is 9.88 Å². The molecule has 0 bridgehead atoms. The molecule has 0 aliphatic heterocycles. The van der Waals surface area contributed by atoms with E-state index in [0.717, 1.165) is 31.6 Å². The number of rotatable bonds is 7. The molecular weight excluding hydrogens is 258 g/mol. The minimum Gasteiger partial charge on any atom is -0.330 e. The Labute approximate surface area is 128 Å². The molecule has 0 atom stereocenters. The van der Waals surface area contributed by atoms with Crippen LogP contribution in [-0.2, 0) is 6.54 Å². The zero-order chi connectivity index (χ0) is 15.3. The predicted octanol–water partition coefficient (Wildman–Crippen LogP) is 3.43. The van der Waals surface area contributed by atoms with Gasteiger partial charge >= 0.3 is 0 Å². The summed E-state index contributed by atoms with van der Waals surface area (Å²) >= 11 is 0. The zero-order valence-corrected chi connectivity index (χ0v) is 13.5. The van der Waals surface area contributed by atoms with Gasteiger partial charge in [-0.05, 0) is 42.6 Å². The van der Waals surface area contributed by atoms with Crippen LogP contribution in [0, 0.1) is 5.41 Å². The van der Waals surface area contributed by atoms with Crippen LogP contribution in [0.25, 0.3) is 10.9 Å². The molecule has 1 heterocycles. The third-order valence-corrected chi connectivity index (χ3v) is 3.88. The number of para-hydroxylation sites is 1. The summed E-state index contributed by atoms with van der Waals surface area (Å²) in [5, 5.41) is 1.26. The number of aromatic nitrogens is 1. The molecule has 0 radical (unpaired) electrons. The molecule has 114 valence electrons. The number of benzene rings is 1. The van der Waals surface area contributed by atoms with Gasteiger partial charge in [0.05, 0.1) is 5.52 Å². The topological polar surface area (TPSA) is 42.2 Å². The number of nitrogens with zero attached hydrogens (tertiary/aromatic N) is 2. The van der Waals surface area contributed by atoms with E-state index >= 15 is 0 Å². The molecule has 0 spiro atoms. The molecule has 1 aromatic heterocycles. The van der Waals surface area contributed by atoms with E-state index in [1.54, 1.807) is 0 Å². The molecule has 0 saturated heterocycles.